The predicted octanol–water partition coefficient (Wildman–Crippen LogP) is -1.12. The van der Waals surface area contributed by atoms with Crippen LogP contribution in [0.3, 0.4) is 0 Å². The molecule has 0 saturated heterocycles. The predicted molar refractivity (Wildman–Crippen MR) is 44.2 cm³/mol. The maximum absolute atomic E-state index is 8.79. The molecule has 0 rings (SSSR count). The van der Waals surface area contributed by atoms with Crippen LogP contribution in [0.15, 0.2) is 0 Å². The van der Waals surface area contributed by atoms with E-state index in [1.165, 1.54) is 0 Å². The second-order valence-electron chi connectivity index (χ2n) is 2.54. The number of nitrogens with one attached hydrogen (secondary N) is 2. The van der Waals surface area contributed by atoms with E-state index in [2.05, 4.69) is 10.6 Å². The van der Waals surface area contributed by atoms with E-state index in [-0.39, 0.29) is 25.4 Å². The van der Waals surface area contributed by atoms with Crippen molar-refractivity contribution in [3.05, 3.63) is 0 Å². The highest BCUT2D eigenvalue weighted by atomic mass is 16.3. The Morgan fingerprint density at radius 3 is 2.27 bits per heavy atom. The van der Waals surface area contributed by atoms with E-state index in [0.717, 1.165) is 6.54 Å². The average molecular weight is 162 g/mol. The lowest BCUT2D eigenvalue weighted by Crippen LogP contribution is -2.49. The van der Waals surface area contributed by atoms with E-state index in [9.17, 15) is 0 Å². The van der Waals surface area contributed by atoms with E-state index < -0.39 is 0 Å². The molecule has 2 atom stereocenters. The van der Waals surface area contributed by atoms with Crippen LogP contribution in [-0.4, -0.2) is 42.2 Å². The van der Waals surface area contributed by atoms with Gasteiger partial charge in [-0.2, -0.15) is 0 Å². The Labute approximate surface area is 67.6 Å². The van der Waals surface area contributed by atoms with Crippen LogP contribution in [0, 0.1) is 0 Å². The summed E-state index contributed by atoms with van der Waals surface area (Å²) in [5.74, 6) is 0. The number of aliphatic hydroxyl groups excluding tert-OH is 2. The topological polar surface area (TPSA) is 64.5 Å². The Kier molecular flexibility index (Phi) is 6.45. The Morgan fingerprint density at radius 1 is 1.27 bits per heavy atom. The van der Waals surface area contributed by atoms with Crippen LogP contribution in [0.4, 0.5) is 0 Å². The highest BCUT2D eigenvalue weighted by Crippen LogP contribution is 1.82. The van der Waals surface area contributed by atoms with Gasteiger partial charge in [-0.15, -0.1) is 0 Å². The first-order valence-corrected chi connectivity index (χ1v) is 3.95. The van der Waals surface area contributed by atoms with E-state index >= 15 is 0 Å². The summed E-state index contributed by atoms with van der Waals surface area (Å²) < 4.78 is 0. The first-order chi connectivity index (χ1) is 5.24. The summed E-state index contributed by atoms with van der Waals surface area (Å²) in [6, 6.07) is 0.0196. The van der Waals surface area contributed by atoms with Gasteiger partial charge in [-0.25, -0.2) is 0 Å². The molecule has 4 N–H and O–H groups in total. The van der Waals surface area contributed by atoms with Gasteiger partial charge in [0.1, 0.15) is 0 Å². The van der Waals surface area contributed by atoms with Crippen molar-refractivity contribution in [1.82, 2.24) is 10.6 Å². The lowest BCUT2D eigenvalue weighted by molar-refractivity contribution is 0.183. The first kappa shape index (κ1) is 10.8. The summed E-state index contributed by atoms with van der Waals surface area (Å²) in [5, 5.41) is 23.5. The van der Waals surface area contributed by atoms with Gasteiger partial charge < -0.3 is 15.5 Å². The normalized spacial score (nSPS) is 16.4. The SMILES string of the molecule is CCNC(CO)NC(C)CO. The zero-order valence-electron chi connectivity index (χ0n) is 7.17. The standard InChI is InChI=1S/C7H18N2O2/c1-3-8-7(5-11)9-6(2)4-10/h6-11H,3-5H2,1-2H3. The third-order valence-corrected chi connectivity index (χ3v) is 1.39. The molecule has 0 aliphatic heterocycles. The summed E-state index contributed by atoms with van der Waals surface area (Å²) in [6.45, 7) is 4.75. The fourth-order valence-electron chi connectivity index (χ4n) is 0.819. The summed E-state index contributed by atoms with van der Waals surface area (Å²) in [7, 11) is 0. The summed E-state index contributed by atoms with van der Waals surface area (Å²) in [4.78, 5) is 0. The van der Waals surface area contributed by atoms with E-state index in [1.807, 2.05) is 13.8 Å². The molecule has 0 saturated carbocycles. The molecule has 0 aromatic heterocycles. The quantitative estimate of drug-likeness (QED) is 0.374. The zero-order chi connectivity index (χ0) is 8.69. The average Bonchev–Trinajstić information content (AvgIpc) is 2.03. The molecule has 0 radical (unpaired) electrons. The molecule has 11 heavy (non-hydrogen) atoms. The van der Waals surface area contributed by atoms with Crippen LogP contribution in [0.1, 0.15) is 13.8 Å². The first-order valence-electron chi connectivity index (χ1n) is 3.95. The molecule has 68 valence electrons. The Morgan fingerprint density at radius 2 is 1.91 bits per heavy atom. The molecule has 4 heteroatoms. The molecule has 0 bridgehead atoms. The molecule has 0 amide bonds. The maximum atomic E-state index is 8.79. The second kappa shape index (κ2) is 6.54. The van der Waals surface area contributed by atoms with Crippen molar-refractivity contribution in [3.63, 3.8) is 0 Å². The fourth-order valence-corrected chi connectivity index (χ4v) is 0.819. The van der Waals surface area contributed by atoms with Gasteiger partial charge >= 0.3 is 0 Å². The van der Waals surface area contributed by atoms with Gasteiger partial charge in [0.2, 0.25) is 0 Å². The molecule has 0 aliphatic rings. The molecule has 0 fully saturated rings. The van der Waals surface area contributed by atoms with Crippen molar-refractivity contribution in [1.29, 1.82) is 0 Å². The maximum Gasteiger partial charge on any atom is 0.0813 e. The van der Waals surface area contributed by atoms with Gasteiger partial charge in [-0.3, -0.25) is 5.32 Å². The van der Waals surface area contributed by atoms with Crippen LogP contribution in [0.5, 0.6) is 0 Å². The van der Waals surface area contributed by atoms with Crippen LogP contribution < -0.4 is 10.6 Å². The summed E-state index contributed by atoms with van der Waals surface area (Å²) in [5.41, 5.74) is 0. The number of aliphatic hydroxyl groups is 2. The van der Waals surface area contributed by atoms with Crippen molar-refractivity contribution in [2.24, 2.45) is 0 Å². The van der Waals surface area contributed by atoms with Crippen LogP contribution in [0.2, 0.25) is 0 Å². The van der Waals surface area contributed by atoms with E-state index in [0.29, 0.717) is 0 Å². The Balaban J connectivity index is 3.49. The zero-order valence-corrected chi connectivity index (χ0v) is 7.17. The number of hydrogen-bond acceptors (Lipinski definition) is 4. The molecular formula is C7H18N2O2. The van der Waals surface area contributed by atoms with Crippen LogP contribution in [-0.2, 0) is 0 Å². The highest BCUT2D eigenvalue weighted by Gasteiger charge is 2.07. The summed E-state index contributed by atoms with van der Waals surface area (Å²) >= 11 is 0. The van der Waals surface area contributed by atoms with Gasteiger partial charge in [-0.05, 0) is 13.5 Å². The third kappa shape index (κ3) is 5.15. The smallest absolute Gasteiger partial charge is 0.0813 e. The van der Waals surface area contributed by atoms with Gasteiger partial charge in [-0.1, -0.05) is 6.92 Å². The minimum atomic E-state index is -0.109. The lowest BCUT2D eigenvalue weighted by Gasteiger charge is -2.20. The lowest BCUT2D eigenvalue weighted by atomic mass is 10.3. The second-order valence-corrected chi connectivity index (χ2v) is 2.54. The third-order valence-electron chi connectivity index (χ3n) is 1.39. The van der Waals surface area contributed by atoms with Gasteiger partial charge in [0.05, 0.1) is 19.4 Å². The molecule has 0 aliphatic carbocycles. The van der Waals surface area contributed by atoms with Crippen LogP contribution >= 0.6 is 0 Å². The minimum Gasteiger partial charge on any atom is -0.395 e. The van der Waals surface area contributed by atoms with Gasteiger partial charge in [0.15, 0.2) is 0 Å². The molecule has 0 aromatic rings. The van der Waals surface area contributed by atoms with Crippen molar-refractivity contribution < 1.29 is 10.2 Å². The van der Waals surface area contributed by atoms with Crippen molar-refractivity contribution >= 4 is 0 Å². The Bertz CT molecular complexity index is 90.5. The molecule has 0 aromatic carbocycles. The number of likely N-dealkylation sites (N-methyl/N-ethyl adjacent to an activating group) is 1. The molecule has 0 heterocycles. The molecule has 0 spiro atoms. The van der Waals surface area contributed by atoms with Gasteiger partial charge in [0, 0.05) is 6.04 Å². The van der Waals surface area contributed by atoms with Gasteiger partial charge in [0.25, 0.3) is 0 Å². The monoisotopic (exact) mass is 162 g/mol. The van der Waals surface area contributed by atoms with Crippen LogP contribution in [0.25, 0.3) is 0 Å². The molecular weight excluding hydrogens is 144 g/mol. The fraction of sp³-hybridized carbons (Fsp3) is 1.00. The molecule has 4 nitrogen and oxygen atoms in total. The molecule has 2 unspecified atom stereocenters. The number of hydrogen-bond donors (Lipinski definition) is 4. The Hall–Kier alpha value is -0.160. The van der Waals surface area contributed by atoms with Crippen molar-refractivity contribution in [2.45, 2.75) is 26.1 Å². The van der Waals surface area contributed by atoms with Crippen molar-refractivity contribution in [3.8, 4) is 0 Å². The number of rotatable bonds is 6. The van der Waals surface area contributed by atoms with Crippen molar-refractivity contribution in [2.75, 3.05) is 19.8 Å². The highest BCUT2D eigenvalue weighted by molar-refractivity contribution is 4.66. The van der Waals surface area contributed by atoms with E-state index in [4.69, 9.17) is 10.2 Å². The van der Waals surface area contributed by atoms with E-state index in [1.54, 1.807) is 0 Å². The summed E-state index contributed by atoms with van der Waals surface area (Å²) in [6.07, 6.45) is -0.109. The minimum absolute atomic E-state index is 0.0196. The largest absolute Gasteiger partial charge is 0.395 e.